The Balaban J connectivity index is 1.84. The third-order valence-electron chi connectivity index (χ3n) is 3.36. The number of hydrogen-bond acceptors (Lipinski definition) is 4. The van der Waals surface area contributed by atoms with E-state index < -0.39 is 0 Å². The van der Waals surface area contributed by atoms with Gasteiger partial charge in [0.25, 0.3) is 0 Å². The summed E-state index contributed by atoms with van der Waals surface area (Å²) in [6.07, 6.45) is 6.61. The van der Waals surface area contributed by atoms with Crippen LogP contribution in [-0.4, -0.2) is 24.7 Å². The van der Waals surface area contributed by atoms with Crippen molar-refractivity contribution < 1.29 is 4.74 Å². The fourth-order valence-corrected chi connectivity index (χ4v) is 2.41. The largest absolute Gasteiger partial charge is 0.481 e. The van der Waals surface area contributed by atoms with Gasteiger partial charge in [-0.25, -0.2) is 4.98 Å². The van der Waals surface area contributed by atoms with E-state index in [0.29, 0.717) is 17.8 Å². The number of rotatable bonds is 4. The maximum absolute atomic E-state index is 5.98. The topological polar surface area (TPSA) is 60.2 Å². The number of nitrogens with two attached hydrogens (primary N) is 1. The van der Waals surface area contributed by atoms with E-state index in [1.54, 1.807) is 13.3 Å². The number of hydrogen-bond donors (Lipinski definition) is 2. The minimum Gasteiger partial charge on any atom is -0.481 e. The van der Waals surface area contributed by atoms with E-state index in [4.69, 9.17) is 10.5 Å². The molecular formula is C13H21N3O. The molecule has 1 saturated carbocycles. The predicted octanol–water partition coefficient (Wildman–Crippen LogP) is 2.02. The molecule has 0 bridgehead atoms. The van der Waals surface area contributed by atoms with Crippen molar-refractivity contribution in [2.75, 3.05) is 19.0 Å². The zero-order valence-electron chi connectivity index (χ0n) is 10.4. The smallest absolute Gasteiger partial charge is 0.214 e. The van der Waals surface area contributed by atoms with E-state index in [9.17, 15) is 0 Å². The van der Waals surface area contributed by atoms with Crippen molar-refractivity contribution in [1.29, 1.82) is 0 Å². The molecule has 1 heterocycles. The molecule has 1 aliphatic carbocycles. The van der Waals surface area contributed by atoms with E-state index in [1.165, 1.54) is 19.3 Å². The third kappa shape index (κ3) is 3.60. The van der Waals surface area contributed by atoms with Gasteiger partial charge in [0.05, 0.1) is 7.11 Å². The van der Waals surface area contributed by atoms with Gasteiger partial charge in [0.15, 0.2) is 0 Å². The van der Waals surface area contributed by atoms with Crippen LogP contribution in [0.15, 0.2) is 18.3 Å². The second-order valence-electron chi connectivity index (χ2n) is 4.76. The lowest BCUT2D eigenvalue weighted by Gasteiger charge is -2.27. The molecule has 0 radical (unpaired) electrons. The van der Waals surface area contributed by atoms with Gasteiger partial charge in [-0.2, -0.15) is 0 Å². The first-order valence-electron chi connectivity index (χ1n) is 6.27. The van der Waals surface area contributed by atoms with Crippen LogP contribution in [0.5, 0.6) is 5.88 Å². The molecule has 2 atom stereocenters. The average molecular weight is 235 g/mol. The van der Waals surface area contributed by atoms with Crippen molar-refractivity contribution in [1.82, 2.24) is 4.98 Å². The lowest BCUT2D eigenvalue weighted by molar-refractivity contribution is 0.335. The van der Waals surface area contributed by atoms with Crippen LogP contribution < -0.4 is 15.8 Å². The summed E-state index contributed by atoms with van der Waals surface area (Å²) in [5, 5.41) is 3.43. The maximum Gasteiger partial charge on any atom is 0.214 e. The van der Waals surface area contributed by atoms with Crippen LogP contribution in [0.25, 0.3) is 0 Å². The van der Waals surface area contributed by atoms with Crippen molar-refractivity contribution in [3.8, 4) is 5.88 Å². The molecule has 1 aliphatic rings. The standard InChI is InChI=1S/C13H21N3O/c1-17-13-8-12(5-6-15-13)16-9-10-3-2-4-11(14)7-10/h5-6,8,10-11H,2-4,7,9,14H2,1H3,(H,15,16). The summed E-state index contributed by atoms with van der Waals surface area (Å²) >= 11 is 0. The Kier molecular flexibility index (Phi) is 4.20. The van der Waals surface area contributed by atoms with E-state index in [2.05, 4.69) is 10.3 Å². The van der Waals surface area contributed by atoms with Crippen molar-refractivity contribution in [2.24, 2.45) is 11.7 Å². The first kappa shape index (κ1) is 12.2. The Morgan fingerprint density at radius 1 is 1.53 bits per heavy atom. The molecule has 3 N–H and O–H groups in total. The Morgan fingerprint density at radius 2 is 2.41 bits per heavy atom. The molecule has 94 valence electrons. The van der Waals surface area contributed by atoms with Gasteiger partial charge >= 0.3 is 0 Å². The monoisotopic (exact) mass is 235 g/mol. The number of nitrogens with zero attached hydrogens (tertiary/aromatic N) is 1. The maximum atomic E-state index is 5.98. The molecule has 17 heavy (non-hydrogen) atoms. The summed E-state index contributed by atoms with van der Waals surface area (Å²) in [5.41, 5.74) is 7.05. The predicted molar refractivity (Wildman–Crippen MR) is 69.2 cm³/mol. The molecule has 2 rings (SSSR count). The SMILES string of the molecule is COc1cc(NCC2CCCC(N)C2)ccn1. The number of anilines is 1. The molecule has 0 spiro atoms. The highest BCUT2D eigenvalue weighted by Crippen LogP contribution is 2.23. The first-order chi connectivity index (χ1) is 8.28. The van der Waals surface area contributed by atoms with Gasteiger partial charge in [0.1, 0.15) is 0 Å². The van der Waals surface area contributed by atoms with E-state index >= 15 is 0 Å². The lowest BCUT2D eigenvalue weighted by atomic mass is 9.86. The van der Waals surface area contributed by atoms with Gasteiger partial charge in [-0.3, -0.25) is 0 Å². The highest BCUT2D eigenvalue weighted by atomic mass is 16.5. The van der Waals surface area contributed by atoms with Crippen LogP contribution >= 0.6 is 0 Å². The highest BCUT2D eigenvalue weighted by Gasteiger charge is 2.18. The lowest BCUT2D eigenvalue weighted by Crippen LogP contribution is -2.30. The summed E-state index contributed by atoms with van der Waals surface area (Å²) < 4.78 is 5.09. The van der Waals surface area contributed by atoms with Crippen molar-refractivity contribution in [3.05, 3.63) is 18.3 Å². The minimum atomic E-state index is 0.391. The fraction of sp³-hybridized carbons (Fsp3) is 0.615. The summed E-state index contributed by atoms with van der Waals surface area (Å²) in [6, 6.07) is 4.27. The summed E-state index contributed by atoms with van der Waals surface area (Å²) in [6.45, 7) is 0.987. The van der Waals surface area contributed by atoms with Crippen LogP contribution in [0.2, 0.25) is 0 Å². The Labute approximate surface area is 103 Å². The van der Waals surface area contributed by atoms with E-state index in [-0.39, 0.29) is 0 Å². The summed E-state index contributed by atoms with van der Waals surface area (Å²) in [5.74, 6) is 1.34. The molecule has 4 heteroatoms. The highest BCUT2D eigenvalue weighted by molar-refractivity contribution is 5.44. The molecule has 1 fully saturated rings. The fourth-order valence-electron chi connectivity index (χ4n) is 2.41. The van der Waals surface area contributed by atoms with Crippen LogP contribution in [0, 0.1) is 5.92 Å². The second kappa shape index (κ2) is 5.87. The molecule has 0 aromatic carbocycles. The van der Waals surface area contributed by atoms with E-state index in [1.807, 2.05) is 12.1 Å². The molecule has 1 aromatic rings. The molecular weight excluding hydrogens is 214 g/mol. The van der Waals surface area contributed by atoms with Crippen LogP contribution in [0.3, 0.4) is 0 Å². The number of aromatic nitrogens is 1. The molecule has 4 nitrogen and oxygen atoms in total. The zero-order chi connectivity index (χ0) is 12.1. The van der Waals surface area contributed by atoms with Gasteiger partial charge in [-0.15, -0.1) is 0 Å². The number of pyridine rings is 1. The third-order valence-corrected chi connectivity index (χ3v) is 3.36. The molecule has 0 saturated heterocycles. The summed E-state index contributed by atoms with van der Waals surface area (Å²) in [4.78, 5) is 4.08. The van der Waals surface area contributed by atoms with Gasteiger partial charge in [-0.1, -0.05) is 6.42 Å². The minimum absolute atomic E-state index is 0.391. The normalized spacial score (nSPS) is 24.4. The first-order valence-corrected chi connectivity index (χ1v) is 6.27. The van der Waals surface area contributed by atoms with Gasteiger partial charge in [0.2, 0.25) is 5.88 Å². The Morgan fingerprint density at radius 3 is 3.18 bits per heavy atom. The average Bonchev–Trinajstić information content (AvgIpc) is 2.37. The Hall–Kier alpha value is -1.29. The summed E-state index contributed by atoms with van der Waals surface area (Å²) in [7, 11) is 1.63. The van der Waals surface area contributed by atoms with Crippen molar-refractivity contribution >= 4 is 5.69 Å². The molecule has 1 aromatic heterocycles. The van der Waals surface area contributed by atoms with Crippen LogP contribution in [-0.2, 0) is 0 Å². The van der Waals surface area contributed by atoms with E-state index in [0.717, 1.165) is 18.7 Å². The number of methoxy groups -OCH3 is 1. The van der Waals surface area contributed by atoms with Crippen molar-refractivity contribution in [3.63, 3.8) is 0 Å². The quantitative estimate of drug-likeness (QED) is 0.838. The molecule has 0 aliphatic heterocycles. The van der Waals surface area contributed by atoms with Crippen LogP contribution in [0.1, 0.15) is 25.7 Å². The number of nitrogens with one attached hydrogen (secondary N) is 1. The van der Waals surface area contributed by atoms with Gasteiger partial charge in [-0.05, 0) is 31.2 Å². The molecule has 2 unspecified atom stereocenters. The zero-order valence-corrected chi connectivity index (χ0v) is 10.4. The Bertz CT molecular complexity index is 356. The van der Waals surface area contributed by atoms with Crippen molar-refractivity contribution in [2.45, 2.75) is 31.7 Å². The van der Waals surface area contributed by atoms with Crippen LogP contribution in [0.4, 0.5) is 5.69 Å². The van der Waals surface area contributed by atoms with Gasteiger partial charge < -0.3 is 15.8 Å². The molecule has 0 amide bonds. The second-order valence-corrected chi connectivity index (χ2v) is 4.76. The van der Waals surface area contributed by atoms with Gasteiger partial charge in [0, 0.05) is 30.5 Å². The number of ether oxygens (including phenoxy) is 1.